The number of aryl methyl sites for hydroxylation is 1. The van der Waals surface area contributed by atoms with Crippen LogP contribution in [0.25, 0.3) is 0 Å². The molecule has 0 unspecified atom stereocenters. The van der Waals surface area contributed by atoms with Gasteiger partial charge in [0.25, 0.3) is 0 Å². The van der Waals surface area contributed by atoms with Crippen molar-refractivity contribution in [1.82, 2.24) is 4.90 Å². The van der Waals surface area contributed by atoms with Gasteiger partial charge in [-0.1, -0.05) is 29.8 Å². The van der Waals surface area contributed by atoms with Crippen LogP contribution in [0.3, 0.4) is 0 Å². The fourth-order valence-electron chi connectivity index (χ4n) is 1.58. The topological polar surface area (TPSA) is 20.3 Å². The van der Waals surface area contributed by atoms with Gasteiger partial charge in [0.1, 0.15) is 0 Å². The zero-order chi connectivity index (χ0) is 12.0. The molecule has 0 aliphatic rings. The number of rotatable bonds is 5. The second-order valence-corrected chi connectivity index (χ2v) is 4.48. The molecule has 0 aliphatic heterocycles. The predicted molar refractivity (Wildman–Crippen MR) is 71.0 cm³/mol. The van der Waals surface area contributed by atoms with Crippen molar-refractivity contribution in [1.29, 1.82) is 0 Å². The summed E-state index contributed by atoms with van der Waals surface area (Å²) in [6, 6.07) is 8.40. The molecule has 0 heterocycles. The first-order chi connectivity index (χ1) is 7.63. The highest BCUT2D eigenvalue weighted by molar-refractivity contribution is 7.80. The second kappa shape index (κ2) is 6.59. The monoisotopic (exact) mass is 237 g/mol. The number of carbonyl (C=O) groups is 1. The molecule has 0 bridgehead atoms. The van der Waals surface area contributed by atoms with E-state index in [0.29, 0.717) is 12.2 Å². The first-order valence-electron chi connectivity index (χ1n) is 5.54. The lowest BCUT2D eigenvalue weighted by Crippen LogP contribution is -2.28. The van der Waals surface area contributed by atoms with Crippen LogP contribution in [-0.4, -0.2) is 30.2 Å². The van der Waals surface area contributed by atoms with Crippen LogP contribution in [-0.2, 0) is 11.2 Å². The maximum absolute atomic E-state index is 11.5. The minimum atomic E-state index is 0.169. The summed E-state index contributed by atoms with van der Waals surface area (Å²) >= 11 is 4.06. The third kappa shape index (κ3) is 4.27. The Morgan fingerprint density at radius 2 is 2.19 bits per heavy atom. The van der Waals surface area contributed by atoms with Crippen LogP contribution in [0.15, 0.2) is 24.3 Å². The SMILES string of the molecule is Cc1cccc(CCN(C)C(=O)CCS)c1. The van der Waals surface area contributed by atoms with Gasteiger partial charge < -0.3 is 4.90 Å². The Labute approximate surface area is 103 Å². The van der Waals surface area contributed by atoms with Crippen molar-refractivity contribution in [2.45, 2.75) is 19.8 Å². The molecule has 1 aromatic rings. The molecule has 2 nitrogen and oxygen atoms in total. The Kier molecular flexibility index (Phi) is 5.39. The van der Waals surface area contributed by atoms with Gasteiger partial charge in [0, 0.05) is 20.0 Å². The molecule has 0 N–H and O–H groups in total. The largest absolute Gasteiger partial charge is 0.345 e. The molecule has 16 heavy (non-hydrogen) atoms. The first-order valence-corrected chi connectivity index (χ1v) is 6.17. The van der Waals surface area contributed by atoms with E-state index in [9.17, 15) is 4.79 Å². The maximum atomic E-state index is 11.5. The van der Waals surface area contributed by atoms with Crippen LogP contribution in [0, 0.1) is 6.92 Å². The molecule has 0 aromatic heterocycles. The molecule has 1 rings (SSSR count). The highest BCUT2D eigenvalue weighted by Gasteiger charge is 2.06. The fraction of sp³-hybridized carbons (Fsp3) is 0.462. The van der Waals surface area contributed by atoms with Crippen LogP contribution < -0.4 is 0 Å². The molecule has 0 aliphatic carbocycles. The van der Waals surface area contributed by atoms with Gasteiger partial charge in [-0.2, -0.15) is 12.6 Å². The Bertz CT molecular complexity index is 352. The maximum Gasteiger partial charge on any atom is 0.223 e. The Balaban J connectivity index is 2.42. The number of likely N-dealkylation sites (N-methyl/N-ethyl adjacent to an activating group) is 1. The minimum Gasteiger partial charge on any atom is -0.345 e. The van der Waals surface area contributed by atoms with E-state index in [1.165, 1.54) is 11.1 Å². The lowest BCUT2D eigenvalue weighted by molar-refractivity contribution is -0.129. The van der Waals surface area contributed by atoms with E-state index in [2.05, 4.69) is 43.8 Å². The summed E-state index contributed by atoms with van der Waals surface area (Å²) in [5.41, 5.74) is 2.55. The van der Waals surface area contributed by atoms with Crippen molar-refractivity contribution in [2.75, 3.05) is 19.3 Å². The molecular formula is C13H19NOS. The van der Waals surface area contributed by atoms with Gasteiger partial charge >= 0.3 is 0 Å². The number of carbonyl (C=O) groups excluding carboxylic acids is 1. The summed E-state index contributed by atoms with van der Waals surface area (Å²) in [6.45, 7) is 2.86. The van der Waals surface area contributed by atoms with Gasteiger partial charge in [-0.05, 0) is 24.7 Å². The lowest BCUT2D eigenvalue weighted by Gasteiger charge is -2.16. The second-order valence-electron chi connectivity index (χ2n) is 4.03. The zero-order valence-electron chi connectivity index (χ0n) is 9.94. The van der Waals surface area contributed by atoms with Crippen molar-refractivity contribution >= 4 is 18.5 Å². The van der Waals surface area contributed by atoms with Crippen molar-refractivity contribution in [3.8, 4) is 0 Å². The van der Waals surface area contributed by atoms with E-state index in [1.807, 2.05) is 7.05 Å². The molecule has 1 amide bonds. The lowest BCUT2D eigenvalue weighted by atomic mass is 10.1. The number of nitrogens with zero attached hydrogens (tertiary/aromatic N) is 1. The van der Waals surface area contributed by atoms with E-state index in [1.54, 1.807) is 4.90 Å². The standard InChI is InChI=1S/C13H19NOS/c1-11-4-3-5-12(10-11)6-8-14(2)13(15)7-9-16/h3-5,10,16H,6-9H2,1-2H3. The van der Waals surface area contributed by atoms with Crippen molar-refractivity contribution in [2.24, 2.45) is 0 Å². The number of hydrogen-bond donors (Lipinski definition) is 1. The van der Waals surface area contributed by atoms with Gasteiger partial charge in [-0.3, -0.25) is 4.79 Å². The van der Waals surface area contributed by atoms with Crippen molar-refractivity contribution in [3.63, 3.8) is 0 Å². The smallest absolute Gasteiger partial charge is 0.223 e. The Hall–Kier alpha value is -0.960. The van der Waals surface area contributed by atoms with Crippen LogP contribution in [0.4, 0.5) is 0 Å². The molecule has 3 heteroatoms. The Morgan fingerprint density at radius 1 is 1.44 bits per heavy atom. The molecule has 0 atom stereocenters. The molecule has 88 valence electrons. The highest BCUT2D eigenvalue weighted by atomic mass is 32.1. The molecule has 1 aromatic carbocycles. The minimum absolute atomic E-state index is 0.169. The fourth-order valence-corrected chi connectivity index (χ4v) is 1.77. The van der Waals surface area contributed by atoms with Gasteiger partial charge in [0.15, 0.2) is 0 Å². The quantitative estimate of drug-likeness (QED) is 0.779. The zero-order valence-corrected chi connectivity index (χ0v) is 10.8. The summed E-state index contributed by atoms with van der Waals surface area (Å²) in [6.07, 6.45) is 1.43. The van der Waals surface area contributed by atoms with Crippen molar-refractivity contribution in [3.05, 3.63) is 35.4 Å². The molecule has 0 saturated heterocycles. The molecule has 0 fully saturated rings. The Morgan fingerprint density at radius 3 is 2.81 bits per heavy atom. The summed E-state index contributed by atoms with van der Waals surface area (Å²) in [5, 5.41) is 0. The van der Waals surface area contributed by atoms with E-state index in [-0.39, 0.29) is 5.91 Å². The average Bonchev–Trinajstić information content (AvgIpc) is 2.26. The number of benzene rings is 1. The number of amides is 1. The molecular weight excluding hydrogens is 218 g/mol. The van der Waals surface area contributed by atoms with Gasteiger partial charge in [0.2, 0.25) is 5.91 Å². The third-order valence-corrected chi connectivity index (χ3v) is 2.79. The van der Waals surface area contributed by atoms with Gasteiger partial charge in [-0.15, -0.1) is 0 Å². The van der Waals surface area contributed by atoms with E-state index in [0.717, 1.165) is 13.0 Å². The van der Waals surface area contributed by atoms with E-state index < -0.39 is 0 Å². The molecule has 0 saturated carbocycles. The molecule has 0 radical (unpaired) electrons. The first kappa shape index (κ1) is 13.1. The summed E-state index contributed by atoms with van der Waals surface area (Å²) < 4.78 is 0. The summed E-state index contributed by atoms with van der Waals surface area (Å²) in [5.74, 6) is 0.788. The van der Waals surface area contributed by atoms with Gasteiger partial charge in [0.05, 0.1) is 0 Å². The normalized spacial score (nSPS) is 10.2. The predicted octanol–water partition coefficient (Wildman–Crippen LogP) is 2.32. The van der Waals surface area contributed by atoms with Gasteiger partial charge in [-0.25, -0.2) is 0 Å². The van der Waals surface area contributed by atoms with E-state index in [4.69, 9.17) is 0 Å². The third-order valence-electron chi connectivity index (χ3n) is 2.57. The van der Waals surface area contributed by atoms with Crippen LogP contribution in [0.2, 0.25) is 0 Å². The van der Waals surface area contributed by atoms with Crippen LogP contribution in [0.1, 0.15) is 17.5 Å². The number of hydrogen-bond acceptors (Lipinski definition) is 2. The summed E-state index contributed by atoms with van der Waals surface area (Å²) in [7, 11) is 1.85. The summed E-state index contributed by atoms with van der Waals surface area (Å²) in [4.78, 5) is 13.3. The van der Waals surface area contributed by atoms with Crippen LogP contribution in [0.5, 0.6) is 0 Å². The molecule has 0 spiro atoms. The highest BCUT2D eigenvalue weighted by Crippen LogP contribution is 2.05. The van der Waals surface area contributed by atoms with Crippen LogP contribution >= 0.6 is 12.6 Å². The van der Waals surface area contributed by atoms with E-state index >= 15 is 0 Å². The number of thiol groups is 1. The average molecular weight is 237 g/mol. The van der Waals surface area contributed by atoms with Crippen molar-refractivity contribution < 1.29 is 4.79 Å².